The molecule has 0 amide bonds. The molecule has 1 unspecified atom stereocenters. The van der Waals surface area contributed by atoms with Gasteiger partial charge in [0.25, 0.3) is 0 Å². The van der Waals surface area contributed by atoms with E-state index in [0.717, 1.165) is 31.2 Å². The number of ether oxygens (including phenoxy) is 1. The third kappa shape index (κ3) is 4.47. The van der Waals surface area contributed by atoms with Crippen molar-refractivity contribution < 1.29 is 4.74 Å². The van der Waals surface area contributed by atoms with Crippen LogP contribution in [0.5, 0.6) is 5.75 Å². The predicted molar refractivity (Wildman–Crippen MR) is 90.1 cm³/mol. The summed E-state index contributed by atoms with van der Waals surface area (Å²) in [6.07, 6.45) is 7.25. The van der Waals surface area contributed by atoms with Gasteiger partial charge >= 0.3 is 0 Å². The van der Waals surface area contributed by atoms with Crippen molar-refractivity contribution in [1.82, 2.24) is 5.32 Å². The number of benzene rings is 1. The van der Waals surface area contributed by atoms with Gasteiger partial charge in [-0.25, -0.2) is 0 Å². The lowest BCUT2D eigenvalue weighted by Crippen LogP contribution is -2.36. The molecule has 1 N–H and O–H groups in total. The Balaban J connectivity index is 1.93. The third-order valence-corrected chi connectivity index (χ3v) is 4.77. The van der Waals surface area contributed by atoms with E-state index < -0.39 is 0 Å². The molecule has 118 valence electrons. The smallest absolute Gasteiger partial charge is 0.122 e. The summed E-state index contributed by atoms with van der Waals surface area (Å²) in [5.41, 5.74) is 2.86. The molecule has 0 bridgehead atoms. The lowest BCUT2D eigenvalue weighted by Gasteiger charge is -2.26. The van der Waals surface area contributed by atoms with Crippen LogP contribution in [-0.4, -0.2) is 19.2 Å². The molecule has 2 rings (SSSR count). The molecule has 0 fully saturated rings. The highest BCUT2D eigenvalue weighted by Crippen LogP contribution is 2.27. The van der Waals surface area contributed by atoms with Crippen LogP contribution in [0.25, 0.3) is 0 Å². The molecule has 0 aliphatic carbocycles. The van der Waals surface area contributed by atoms with E-state index in [-0.39, 0.29) is 0 Å². The highest BCUT2D eigenvalue weighted by atomic mass is 16.5. The summed E-state index contributed by atoms with van der Waals surface area (Å²) in [6, 6.07) is 7.41. The zero-order valence-corrected chi connectivity index (χ0v) is 14.0. The van der Waals surface area contributed by atoms with E-state index in [4.69, 9.17) is 4.74 Å². The van der Waals surface area contributed by atoms with E-state index in [2.05, 4.69) is 44.3 Å². The summed E-state index contributed by atoms with van der Waals surface area (Å²) in [4.78, 5) is 0. The van der Waals surface area contributed by atoms with Crippen molar-refractivity contribution in [3.8, 4) is 5.75 Å². The summed E-state index contributed by atoms with van der Waals surface area (Å²) in [7, 11) is 0. The number of hydrogen-bond acceptors (Lipinski definition) is 2. The normalized spacial score (nSPS) is 15.0. The summed E-state index contributed by atoms with van der Waals surface area (Å²) in [5, 5.41) is 3.77. The fraction of sp³-hybridized carbons (Fsp3) is 0.684. The Morgan fingerprint density at radius 1 is 1.19 bits per heavy atom. The van der Waals surface area contributed by atoms with E-state index in [9.17, 15) is 0 Å². The van der Waals surface area contributed by atoms with Crippen LogP contribution in [0.15, 0.2) is 18.2 Å². The van der Waals surface area contributed by atoms with Crippen LogP contribution in [0.3, 0.4) is 0 Å². The van der Waals surface area contributed by atoms with Gasteiger partial charge in [-0.15, -0.1) is 0 Å². The van der Waals surface area contributed by atoms with Gasteiger partial charge in [0, 0.05) is 12.5 Å². The molecule has 1 aromatic carbocycles. The minimum Gasteiger partial charge on any atom is -0.493 e. The Labute approximate surface area is 130 Å². The van der Waals surface area contributed by atoms with E-state index in [0.29, 0.717) is 6.04 Å². The van der Waals surface area contributed by atoms with Gasteiger partial charge in [-0.05, 0) is 48.9 Å². The molecule has 0 radical (unpaired) electrons. The second kappa shape index (κ2) is 8.43. The molecule has 1 aromatic rings. The lowest BCUT2D eigenvalue weighted by atomic mass is 9.89. The maximum Gasteiger partial charge on any atom is 0.122 e. The van der Waals surface area contributed by atoms with Crippen molar-refractivity contribution >= 4 is 0 Å². The molecule has 0 aromatic heterocycles. The fourth-order valence-corrected chi connectivity index (χ4v) is 3.41. The molecule has 1 atom stereocenters. The Hall–Kier alpha value is -1.02. The molecule has 1 aliphatic rings. The zero-order valence-electron chi connectivity index (χ0n) is 14.0. The molecule has 21 heavy (non-hydrogen) atoms. The van der Waals surface area contributed by atoms with E-state index >= 15 is 0 Å². The first-order valence-electron chi connectivity index (χ1n) is 8.76. The number of nitrogens with one attached hydrogen (secondary N) is 1. The van der Waals surface area contributed by atoms with E-state index in [1.807, 2.05) is 0 Å². The minimum atomic E-state index is 0.657. The van der Waals surface area contributed by atoms with Crippen molar-refractivity contribution in [1.29, 1.82) is 0 Å². The van der Waals surface area contributed by atoms with Gasteiger partial charge in [0.15, 0.2) is 0 Å². The number of hydrogen-bond donors (Lipinski definition) is 1. The van der Waals surface area contributed by atoms with Crippen molar-refractivity contribution in [3.63, 3.8) is 0 Å². The minimum absolute atomic E-state index is 0.657. The van der Waals surface area contributed by atoms with Crippen LogP contribution in [0, 0.1) is 5.92 Å². The van der Waals surface area contributed by atoms with Gasteiger partial charge in [-0.2, -0.15) is 0 Å². The highest BCUT2D eigenvalue weighted by Gasteiger charge is 2.18. The molecular weight excluding hydrogens is 258 g/mol. The molecule has 0 spiro atoms. The second-order valence-electron chi connectivity index (χ2n) is 6.22. The average molecular weight is 289 g/mol. The van der Waals surface area contributed by atoms with Gasteiger partial charge in [-0.1, -0.05) is 45.7 Å². The van der Waals surface area contributed by atoms with Crippen molar-refractivity contribution in [2.24, 2.45) is 5.92 Å². The predicted octanol–water partition coefficient (Wildman–Crippen LogP) is 4.36. The Kier molecular flexibility index (Phi) is 6.56. The largest absolute Gasteiger partial charge is 0.493 e. The highest BCUT2D eigenvalue weighted by molar-refractivity contribution is 5.39. The summed E-state index contributed by atoms with van der Waals surface area (Å²) >= 11 is 0. The van der Waals surface area contributed by atoms with Crippen LogP contribution in [0.2, 0.25) is 0 Å². The van der Waals surface area contributed by atoms with E-state index in [1.165, 1.54) is 43.2 Å². The van der Waals surface area contributed by atoms with Gasteiger partial charge < -0.3 is 10.1 Å². The topological polar surface area (TPSA) is 21.3 Å². The number of rotatable bonds is 9. The maximum absolute atomic E-state index is 5.59. The monoisotopic (exact) mass is 289 g/mol. The average Bonchev–Trinajstić information content (AvgIpc) is 2.98. The maximum atomic E-state index is 5.59. The molecule has 0 saturated heterocycles. The van der Waals surface area contributed by atoms with E-state index in [1.54, 1.807) is 0 Å². The van der Waals surface area contributed by atoms with Gasteiger partial charge in [-0.3, -0.25) is 0 Å². The first kappa shape index (κ1) is 16.4. The first-order chi connectivity index (χ1) is 10.3. The third-order valence-electron chi connectivity index (χ3n) is 4.77. The van der Waals surface area contributed by atoms with Crippen LogP contribution < -0.4 is 10.1 Å². The first-order valence-corrected chi connectivity index (χ1v) is 8.76. The van der Waals surface area contributed by atoms with Crippen molar-refractivity contribution in [2.45, 2.75) is 65.3 Å². The zero-order chi connectivity index (χ0) is 15.1. The molecule has 2 heteroatoms. The molecule has 1 heterocycles. The molecule has 1 aliphatic heterocycles. The summed E-state index contributed by atoms with van der Waals surface area (Å²) < 4.78 is 5.59. The standard InChI is InChI=1S/C19H31NO/c1-4-12-20-18(16(5-2)6-3)9-7-15-8-10-19-17(14-15)11-13-21-19/h8,10,14,16,18,20H,4-7,9,11-13H2,1-3H3. The lowest BCUT2D eigenvalue weighted by molar-refractivity contribution is 0.318. The van der Waals surface area contributed by atoms with Gasteiger partial charge in [0.2, 0.25) is 0 Å². The quantitative estimate of drug-likeness (QED) is 0.729. The van der Waals surface area contributed by atoms with Crippen LogP contribution in [0.4, 0.5) is 0 Å². The van der Waals surface area contributed by atoms with Crippen LogP contribution in [-0.2, 0) is 12.8 Å². The van der Waals surface area contributed by atoms with Gasteiger partial charge in [0.1, 0.15) is 5.75 Å². The Morgan fingerprint density at radius 2 is 2.00 bits per heavy atom. The van der Waals surface area contributed by atoms with Crippen LogP contribution in [0.1, 0.15) is 57.6 Å². The summed E-state index contributed by atoms with van der Waals surface area (Å²) in [6.45, 7) is 8.88. The molecule has 0 saturated carbocycles. The van der Waals surface area contributed by atoms with Gasteiger partial charge in [0.05, 0.1) is 6.61 Å². The SMILES string of the molecule is CCCNC(CCc1ccc2c(c1)CCO2)C(CC)CC. The molecular formula is C19H31NO. The Bertz CT molecular complexity index is 426. The van der Waals surface area contributed by atoms with Crippen molar-refractivity contribution in [2.75, 3.05) is 13.2 Å². The summed E-state index contributed by atoms with van der Waals surface area (Å²) in [5.74, 6) is 1.90. The fourth-order valence-electron chi connectivity index (χ4n) is 3.41. The van der Waals surface area contributed by atoms with Crippen LogP contribution >= 0.6 is 0 Å². The second-order valence-corrected chi connectivity index (χ2v) is 6.22. The number of aryl methyl sites for hydroxylation is 1. The Morgan fingerprint density at radius 3 is 2.71 bits per heavy atom. The molecule has 2 nitrogen and oxygen atoms in total. The number of fused-ring (bicyclic) bond motifs is 1. The van der Waals surface area contributed by atoms with Crippen molar-refractivity contribution in [3.05, 3.63) is 29.3 Å².